The molecule has 0 saturated carbocycles. The normalized spacial score (nSPS) is 16.4. The molecular weight excluding hydrogens is 172 g/mol. The van der Waals surface area contributed by atoms with E-state index in [9.17, 15) is 9.59 Å². The Bertz CT molecular complexity index is 363. The molecule has 2 rings (SSSR count). The third kappa shape index (κ3) is 1.01. The van der Waals surface area contributed by atoms with Crippen LogP contribution in [0.5, 0.6) is 0 Å². The lowest BCUT2D eigenvalue weighted by molar-refractivity contribution is -0.117. The highest BCUT2D eigenvalue weighted by atomic mass is 32.1. The molecule has 0 bridgehead atoms. The molecule has 0 N–H and O–H groups in total. The fraction of sp³-hybridized carbons (Fsp3) is 0.333. The van der Waals surface area contributed by atoms with Gasteiger partial charge in [-0.3, -0.25) is 9.59 Å². The molecule has 0 aromatic carbocycles. The number of rotatable bonds is 0. The minimum absolute atomic E-state index is 0.000602. The van der Waals surface area contributed by atoms with Gasteiger partial charge in [0.05, 0.1) is 11.3 Å². The summed E-state index contributed by atoms with van der Waals surface area (Å²) in [5.74, 6) is 0.0494. The largest absolute Gasteiger partial charge is 0.299 e. The lowest BCUT2D eigenvalue weighted by Gasteiger charge is -2.09. The first kappa shape index (κ1) is 7.68. The van der Waals surface area contributed by atoms with E-state index in [0.717, 1.165) is 16.0 Å². The van der Waals surface area contributed by atoms with Crippen LogP contribution in [0.3, 0.4) is 0 Å². The van der Waals surface area contributed by atoms with Crippen LogP contribution in [0.15, 0.2) is 5.38 Å². The lowest BCUT2D eigenvalue weighted by Crippen LogP contribution is -2.17. The number of ketones is 2. The Kier molecular flexibility index (Phi) is 1.61. The van der Waals surface area contributed by atoms with Crippen LogP contribution in [0.25, 0.3) is 0 Å². The number of thiophene rings is 1. The molecule has 0 radical (unpaired) electrons. The predicted octanol–water partition coefficient (Wildman–Crippen LogP) is 1.75. The van der Waals surface area contributed by atoms with E-state index in [0.29, 0.717) is 6.42 Å². The zero-order valence-electron chi connectivity index (χ0n) is 6.72. The summed E-state index contributed by atoms with van der Waals surface area (Å²) >= 11 is 1.46. The minimum atomic E-state index is -0.000602. The van der Waals surface area contributed by atoms with Crippen molar-refractivity contribution >= 4 is 22.9 Å². The average molecular weight is 180 g/mol. The number of carbonyl (C=O) groups is 2. The van der Waals surface area contributed by atoms with Gasteiger partial charge in [0.2, 0.25) is 0 Å². The molecule has 62 valence electrons. The number of fused-ring (bicyclic) bond motifs is 1. The summed E-state index contributed by atoms with van der Waals surface area (Å²) in [6.07, 6.45) is 0.559. The smallest absolute Gasteiger partial charge is 0.180 e. The highest BCUT2D eigenvalue weighted by Crippen LogP contribution is 2.27. The number of aryl methyl sites for hydroxylation is 1. The summed E-state index contributed by atoms with van der Waals surface area (Å²) in [7, 11) is 0. The van der Waals surface area contributed by atoms with Gasteiger partial charge in [-0.05, 0) is 23.4 Å². The second-order valence-electron chi connectivity index (χ2n) is 3.04. The van der Waals surface area contributed by atoms with E-state index in [1.54, 1.807) is 0 Å². The van der Waals surface area contributed by atoms with Crippen LogP contribution in [0.4, 0.5) is 0 Å². The molecule has 0 unspecified atom stereocenters. The molecule has 0 aliphatic heterocycles. The second kappa shape index (κ2) is 2.52. The van der Waals surface area contributed by atoms with Gasteiger partial charge in [0.25, 0.3) is 0 Å². The molecule has 0 spiro atoms. The van der Waals surface area contributed by atoms with Crippen molar-refractivity contribution in [1.29, 1.82) is 0 Å². The first-order valence-electron chi connectivity index (χ1n) is 3.80. The highest BCUT2D eigenvalue weighted by molar-refractivity contribution is 7.12. The van der Waals surface area contributed by atoms with Gasteiger partial charge in [0, 0.05) is 6.42 Å². The molecule has 0 atom stereocenters. The molecule has 12 heavy (non-hydrogen) atoms. The monoisotopic (exact) mass is 180 g/mol. The highest BCUT2D eigenvalue weighted by Gasteiger charge is 2.25. The Balaban J connectivity index is 2.57. The summed E-state index contributed by atoms with van der Waals surface area (Å²) < 4.78 is 0. The van der Waals surface area contributed by atoms with E-state index in [2.05, 4.69) is 0 Å². The second-order valence-corrected chi connectivity index (χ2v) is 3.92. The number of Topliss-reactive ketones (excluding diaryl/α,β-unsaturated/α-hetero) is 2. The molecule has 2 nitrogen and oxygen atoms in total. The fourth-order valence-electron chi connectivity index (χ4n) is 1.44. The van der Waals surface area contributed by atoms with E-state index in [-0.39, 0.29) is 18.0 Å². The van der Waals surface area contributed by atoms with E-state index < -0.39 is 0 Å². The molecule has 0 fully saturated rings. The summed E-state index contributed by atoms with van der Waals surface area (Å²) in [4.78, 5) is 23.2. The minimum Gasteiger partial charge on any atom is -0.299 e. The molecule has 1 heterocycles. The Morgan fingerprint density at radius 2 is 2.08 bits per heavy atom. The van der Waals surface area contributed by atoms with Gasteiger partial charge in [0.1, 0.15) is 5.78 Å². The molecule has 1 aromatic heterocycles. The zero-order valence-corrected chi connectivity index (χ0v) is 7.53. The molecule has 0 amide bonds. The van der Waals surface area contributed by atoms with E-state index in [1.165, 1.54) is 11.3 Å². The van der Waals surface area contributed by atoms with Crippen molar-refractivity contribution < 1.29 is 9.59 Å². The number of carbonyl (C=O) groups excluding carboxylic acids is 2. The molecule has 0 saturated heterocycles. The van der Waals surface area contributed by atoms with Crippen LogP contribution in [0.2, 0.25) is 0 Å². The van der Waals surface area contributed by atoms with Crippen molar-refractivity contribution in [3.63, 3.8) is 0 Å². The SMILES string of the molecule is Cc1csc2c1CC(=O)CC2=O. The van der Waals surface area contributed by atoms with Gasteiger partial charge in [-0.2, -0.15) is 0 Å². The van der Waals surface area contributed by atoms with Crippen molar-refractivity contribution in [3.05, 3.63) is 21.4 Å². The average Bonchev–Trinajstić information content (AvgIpc) is 2.33. The number of hydrogen-bond donors (Lipinski definition) is 0. The van der Waals surface area contributed by atoms with Crippen LogP contribution in [0.1, 0.15) is 27.2 Å². The summed E-state index contributed by atoms with van der Waals surface area (Å²) in [5, 5.41) is 1.95. The fourth-order valence-corrected chi connectivity index (χ4v) is 2.46. The summed E-state index contributed by atoms with van der Waals surface area (Å²) in [6, 6.07) is 0. The molecular formula is C9H8O2S. The van der Waals surface area contributed by atoms with E-state index in [4.69, 9.17) is 0 Å². The standard InChI is InChI=1S/C9H8O2S/c1-5-4-12-9-7(5)2-6(10)3-8(9)11/h4H,2-3H2,1H3. The zero-order chi connectivity index (χ0) is 8.72. The quantitative estimate of drug-likeness (QED) is 0.570. The lowest BCUT2D eigenvalue weighted by atomic mass is 9.94. The topological polar surface area (TPSA) is 34.1 Å². The van der Waals surface area contributed by atoms with Gasteiger partial charge in [0.15, 0.2) is 5.78 Å². The maximum atomic E-state index is 11.3. The van der Waals surface area contributed by atoms with Crippen LogP contribution in [0, 0.1) is 6.92 Å². The first-order chi connectivity index (χ1) is 5.68. The van der Waals surface area contributed by atoms with Crippen LogP contribution < -0.4 is 0 Å². The molecule has 3 heteroatoms. The third-order valence-corrected chi connectivity index (χ3v) is 3.27. The maximum absolute atomic E-state index is 11.3. The third-order valence-electron chi connectivity index (χ3n) is 2.09. The van der Waals surface area contributed by atoms with Gasteiger partial charge < -0.3 is 0 Å². The van der Waals surface area contributed by atoms with Gasteiger partial charge in [-0.15, -0.1) is 11.3 Å². The Hall–Kier alpha value is -0.960. The van der Waals surface area contributed by atoms with Crippen molar-refractivity contribution in [2.45, 2.75) is 19.8 Å². The molecule has 1 aromatic rings. The van der Waals surface area contributed by atoms with E-state index in [1.807, 2.05) is 12.3 Å². The maximum Gasteiger partial charge on any atom is 0.180 e. The van der Waals surface area contributed by atoms with Gasteiger partial charge in [-0.25, -0.2) is 0 Å². The van der Waals surface area contributed by atoms with Crippen LogP contribution in [-0.2, 0) is 11.2 Å². The van der Waals surface area contributed by atoms with Gasteiger partial charge in [-0.1, -0.05) is 0 Å². The summed E-state index contributed by atoms with van der Waals surface area (Å²) in [6.45, 7) is 1.95. The van der Waals surface area contributed by atoms with Gasteiger partial charge >= 0.3 is 0 Å². The van der Waals surface area contributed by atoms with Crippen LogP contribution in [-0.4, -0.2) is 11.6 Å². The van der Waals surface area contributed by atoms with Crippen molar-refractivity contribution in [2.24, 2.45) is 0 Å². The summed E-state index contributed by atoms with van der Waals surface area (Å²) in [5.41, 5.74) is 2.04. The molecule has 1 aliphatic carbocycles. The predicted molar refractivity (Wildman–Crippen MR) is 46.7 cm³/mol. The van der Waals surface area contributed by atoms with E-state index >= 15 is 0 Å². The Morgan fingerprint density at radius 3 is 2.83 bits per heavy atom. The van der Waals surface area contributed by atoms with Crippen molar-refractivity contribution in [1.82, 2.24) is 0 Å². The Morgan fingerprint density at radius 1 is 1.33 bits per heavy atom. The number of hydrogen-bond acceptors (Lipinski definition) is 3. The van der Waals surface area contributed by atoms with Crippen molar-refractivity contribution in [3.8, 4) is 0 Å². The molecule has 1 aliphatic rings. The van der Waals surface area contributed by atoms with Crippen LogP contribution >= 0.6 is 11.3 Å². The van der Waals surface area contributed by atoms with Crippen molar-refractivity contribution in [2.75, 3.05) is 0 Å². The Labute approximate surface area is 74.2 Å². The first-order valence-corrected chi connectivity index (χ1v) is 4.68.